The van der Waals surface area contributed by atoms with E-state index >= 15 is 0 Å². The largest absolute Gasteiger partial charge is 0.444 e. The first kappa shape index (κ1) is 15.5. The summed E-state index contributed by atoms with van der Waals surface area (Å²) in [5.41, 5.74) is -0.470. The first-order valence-corrected chi connectivity index (χ1v) is 5.72. The third-order valence-electron chi connectivity index (χ3n) is 1.76. The monoisotopic (exact) mass is 242 g/mol. The summed E-state index contributed by atoms with van der Waals surface area (Å²) in [6.45, 7) is 9.92. The smallest absolute Gasteiger partial charge is 0.407 e. The summed E-state index contributed by atoms with van der Waals surface area (Å²) in [6.07, 6.45) is 2.41. The second kappa shape index (κ2) is 7.70. The topological polar surface area (TPSA) is 67.4 Å². The predicted molar refractivity (Wildman–Crippen MR) is 66.7 cm³/mol. The Balaban J connectivity index is 3.43. The SMILES string of the molecule is C=CC(=O)NCCCCNC(=O)OC(C)(C)C. The summed E-state index contributed by atoms with van der Waals surface area (Å²) in [7, 11) is 0. The Bertz CT molecular complexity index is 269. The van der Waals surface area contributed by atoms with Crippen LogP contribution in [-0.2, 0) is 9.53 Å². The van der Waals surface area contributed by atoms with Gasteiger partial charge in [-0.25, -0.2) is 4.79 Å². The second-order valence-corrected chi connectivity index (χ2v) is 4.63. The van der Waals surface area contributed by atoms with Gasteiger partial charge in [0, 0.05) is 13.1 Å². The summed E-state index contributed by atoms with van der Waals surface area (Å²) < 4.78 is 5.07. The van der Waals surface area contributed by atoms with Crippen molar-refractivity contribution in [3.05, 3.63) is 12.7 Å². The van der Waals surface area contributed by atoms with Crippen LogP contribution in [0.25, 0.3) is 0 Å². The summed E-state index contributed by atoms with van der Waals surface area (Å²) in [5.74, 6) is -0.176. The van der Waals surface area contributed by atoms with Crippen molar-refractivity contribution in [2.75, 3.05) is 13.1 Å². The van der Waals surface area contributed by atoms with Crippen molar-refractivity contribution in [2.45, 2.75) is 39.2 Å². The first-order chi connectivity index (χ1) is 7.85. The van der Waals surface area contributed by atoms with Crippen LogP contribution >= 0.6 is 0 Å². The average molecular weight is 242 g/mol. The molecule has 0 unspecified atom stereocenters. The molecule has 0 rings (SSSR count). The number of carbonyl (C=O) groups excluding carboxylic acids is 2. The fraction of sp³-hybridized carbons (Fsp3) is 0.667. The van der Waals surface area contributed by atoms with E-state index in [1.807, 2.05) is 20.8 Å². The van der Waals surface area contributed by atoms with Crippen LogP contribution in [0, 0.1) is 0 Å². The molecule has 0 atom stereocenters. The molecule has 0 fully saturated rings. The van der Waals surface area contributed by atoms with Crippen LogP contribution in [0.3, 0.4) is 0 Å². The molecule has 0 aromatic carbocycles. The zero-order valence-electron chi connectivity index (χ0n) is 10.8. The van der Waals surface area contributed by atoms with Crippen molar-refractivity contribution in [3.63, 3.8) is 0 Å². The molecule has 0 aliphatic heterocycles. The number of ether oxygens (including phenoxy) is 1. The molecule has 0 saturated carbocycles. The minimum Gasteiger partial charge on any atom is -0.444 e. The highest BCUT2D eigenvalue weighted by atomic mass is 16.6. The third kappa shape index (κ3) is 10.8. The van der Waals surface area contributed by atoms with E-state index in [9.17, 15) is 9.59 Å². The van der Waals surface area contributed by atoms with Gasteiger partial charge in [0.2, 0.25) is 5.91 Å². The van der Waals surface area contributed by atoms with Gasteiger partial charge in [0.25, 0.3) is 0 Å². The maximum Gasteiger partial charge on any atom is 0.407 e. The van der Waals surface area contributed by atoms with Crippen molar-refractivity contribution in [1.82, 2.24) is 10.6 Å². The lowest BCUT2D eigenvalue weighted by Gasteiger charge is -2.19. The Labute approximate surface area is 103 Å². The van der Waals surface area contributed by atoms with E-state index in [0.717, 1.165) is 12.8 Å². The number of hydrogen-bond acceptors (Lipinski definition) is 3. The molecule has 5 nitrogen and oxygen atoms in total. The number of rotatable bonds is 6. The fourth-order valence-electron chi connectivity index (χ4n) is 1.04. The standard InChI is InChI=1S/C12H22N2O3/c1-5-10(15)13-8-6-7-9-14-11(16)17-12(2,3)4/h5H,1,6-9H2,2-4H3,(H,13,15)(H,14,16). The van der Waals surface area contributed by atoms with Crippen LogP contribution in [0.5, 0.6) is 0 Å². The van der Waals surface area contributed by atoms with Gasteiger partial charge in [-0.2, -0.15) is 0 Å². The van der Waals surface area contributed by atoms with E-state index in [4.69, 9.17) is 4.74 Å². The van der Waals surface area contributed by atoms with E-state index in [1.54, 1.807) is 0 Å². The van der Waals surface area contributed by atoms with E-state index in [1.165, 1.54) is 6.08 Å². The van der Waals surface area contributed by atoms with Gasteiger partial charge >= 0.3 is 6.09 Å². The predicted octanol–water partition coefficient (Wildman–Crippen LogP) is 1.59. The molecule has 0 aromatic heterocycles. The van der Waals surface area contributed by atoms with Gasteiger partial charge in [0.15, 0.2) is 0 Å². The number of unbranched alkanes of at least 4 members (excludes halogenated alkanes) is 1. The highest BCUT2D eigenvalue weighted by Crippen LogP contribution is 2.06. The number of amides is 2. The van der Waals surface area contributed by atoms with Crippen LogP contribution in [0.1, 0.15) is 33.6 Å². The number of alkyl carbamates (subject to hydrolysis) is 1. The Morgan fingerprint density at radius 1 is 1.18 bits per heavy atom. The number of carbonyl (C=O) groups is 2. The zero-order chi connectivity index (χ0) is 13.3. The molecule has 0 radical (unpaired) electrons. The molecule has 2 amide bonds. The average Bonchev–Trinajstić information content (AvgIpc) is 2.20. The second-order valence-electron chi connectivity index (χ2n) is 4.63. The molecule has 0 aliphatic carbocycles. The number of nitrogens with one attached hydrogen (secondary N) is 2. The minimum absolute atomic E-state index is 0.176. The van der Waals surface area contributed by atoms with Crippen molar-refractivity contribution in [1.29, 1.82) is 0 Å². The van der Waals surface area contributed by atoms with Gasteiger partial charge in [0.05, 0.1) is 0 Å². The normalized spacial score (nSPS) is 10.5. The molecule has 5 heteroatoms. The first-order valence-electron chi connectivity index (χ1n) is 5.72. The van der Waals surface area contributed by atoms with Gasteiger partial charge in [0.1, 0.15) is 5.60 Å². The Hall–Kier alpha value is -1.52. The van der Waals surface area contributed by atoms with Crippen molar-refractivity contribution in [3.8, 4) is 0 Å². The Kier molecular flexibility index (Phi) is 7.02. The summed E-state index contributed by atoms with van der Waals surface area (Å²) >= 11 is 0. The molecule has 2 N–H and O–H groups in total. The van der Waals surface area contributed by atoms with Crippen LogP contribution in [-0.4, -0.2) is 30.7 Å². The van der Waals surface area contributed by atoms with Crippen molar-refractivity contribution >= 4 is 12.0 Å². The van der Waals surface area contributed by atoms with Crippen LogP contribution in [0.4, 0.5) is 4.79 Å². The van der Waals surface area contributed by atoms with E-state index in [2.05, 4.69) is 17.2 Å². The molecule has 98 valence electrons. The van der Waals surface area contributed by atoms with Gasteiger partial charge in [-0.15, -0.1) is 0 Å². The van der Waals surface area contributed by atoms with E-state index in [-0.39, 0.29) is 5.91 Å². The van der Waals surface area contributed by atoms with Crippen molar-refractivity contribution < 1.29 is 14.3 Å². The lowest BCUT2D eigenvalue weighted by molar-refractivity contribution is -0.116. The van der Waals surface area contributed by atoms with E-state index in [0.29, 0.717) is 13.1 Å². The molecule has 0 bridgehead atoms. The van der Waals surface area contributed by atoms with Crippen LogP contribution in [0.2, 0.25) is 0 Å². The van der Waals surface area contributed by atoms with E-state index < -0.39 is 11.7 Å². The molecule has 17 heavy (non-hydrogen) atoms. The molecular formula is C12H22N2O3. The Morgan fingerprint density at radius 2 is 1.71 bits per heavy atom. The maximum atomic E-state index is 11.2. The van der Waals surface area contributed by atoms with Gasteiger partial charge < -0.3 is 15.4 Å². The van der Waals surface area contributed by atoms with Crippen LogP contribution < -0.4 is 10.6 Å². The fourth-order valence-corrected chi connectivity index (χ4v) is 1.04. The molecular weight excluding hydrogens is 220 g/mol. The van der Waals surface area contributed by atoms with Crippen LogP contribution in [0.15, 0.2) is 12.7 Å². The maximum absolute atomic E-state index is 11.2. The quantitative estimate of drug-likeness (QED) is 0.549. The summed E-state index contributed by atoms with van der Waals surface area (Å²) in [6, 6.07) is 0. The minimum atomic E-state index is -0.470. The highest BCUT2D eigenvalue weighted by Gasteiger charge is 2.15. The molecule has 0 saturated heterocycles. The van der Waals surface area contributed by atoms with Gasteiger partial charge in [-0.1, -0.05) is 6.58 Å². The van der Waals surface area contributed by atoms with Gasteiger partial charge in [-0.05, 0) is 39.7 Å². The lowest BCUT2D eigenvalue weighted by atomic mass is 10.2. The highest BCUT2D eigenvalue weighted by molar-refractivity contribution is 5.86. The summed E-state index contributed by atoms with van der Waals surface area (Å²) in [5, 5.41) is 5.31. The summed E-state index contributed by atoms with van der Waals surface area (Å²) in [4.78, 5) is 22.0. The molecule has 0 aliphatic rings. The third-order valence-corrected chi connectivity index (χ3v) is 1.76. The van der Waals surface area contributed by atoms with Gasteiger partial charge in [-0.3, -0.25) is 4.79 Å². The lowest BCUT2D eigenvalue weighted by Crippen LogP contribution is -2.33. The molecule has 0 heterocycles. The Morgan fingerprint density at radius 3 is 2.18 bits per heavy atom. The zero-order valence-corrected chi connectivity index (χ0v) is 10.8. The number of hydrogen-bond donors (Lipinski definition) is 2. The van der Waals surface area contributed by atoms with Crippen molar-refractivity contribution in [2.24, 2.45) is 0 Å². The molecule has 0 spiro atoms. The molecule has 0 aromatic rings.